The zero-order valence-corrected chi connectivity index (χ0v) is 16.4. The van der Waals surface area contributed by atoms with Crippen LogP contribution in [0.2, 0.25) is 0 Å². The number of benzene rings is 1. The second kappa shape index (κ2) is 8.87. The van der Waals surface area contributed by atoms with Crippen LogP contribution in [0.15, 0.2) is 24.3 Å². The Labute approximate surface area is 157 Å². The lowest BCUT2D eigenvalue weighted by Gasteiger charge is -2.32. The van der Waals surface area contributed by atoms with Crippen molar-refractivity contribution in [2.45, 2.75) is 51.7 Å². The van der Waals surface area contributed by atoms with Crippen molar-refractivity contribution < 1.29 is 9.53 Å². The molecular weight excluding hydrogens is 326 g/mol. The molecule has 2 aliphatic rings. The summed E-state index contributed by atoms with van der Waals surface area (Å²) in [6.45, 7) is 12.3. The number of amides is 1. The quantitative estimate of drug-likeness (QED) is 0.848. The van der Waals surface area contributed by atoms with E-state index in [1.165, 1.54) is 5.56 Å². The van der Waals surface area contributed by atoms with Crippen molar-refractivity contribution in [2.75, 3.05) is 39.3 Å². The fraction of sp³-hybridized carbons (Fsp3) is 0.667. The molecule has 0 saturated carbocycles. The van der Waals surface area contributed by atoms with Crippen LogP contribution in [0, 0.1) is 0 Å². The molecule has 3 rings (SSSR count). The van der Waals surface area contributed by atoms with Gasteiger partial charge in [0.25, 0.3) is 5.91 Å². The number of likely N-dealkylation sites (tertiary alicyclic amines) is 1. The van der Waals surface area contributed by atoms with E-state index in [2.05, 4.69) is 30.1 Å². The number of para-hydroxylation sites is 1. The highest BCUT2D eigenvalue weighted by atomic mass is 16.5. The Morgan fingerprint density at radius 1 is 1.23 bits per heavy atom. The van der Waals surface area contributed by atoms with E-state index in [0.717, 1.165) is 51.4 Å². The van der Waals surface area contributed by atoms with Gasteiger partial charge in [0.1, 0.15) is 5.75 Å². The third-order valence-corrected chi connectivity index (χ3v) is 5.60. The molecule has 2 aliphatic heterocycles. The number of hydrogen-bond acceptors (Lipinski definition) is 4. The molecule has 2 saturated heterocycles. The van der Waals surface area contributed by atoms with Crippen molar-refractivity contribution in [1.82, 2.24) is 15.1 Å². The highest BCUT2D eigenvalue weighted by Gasteiger charge is 2.34. The minimum atomic E-state index is -0.392. The maximum absolute atomic E-state index is 13.1. The summed E-state index contributed by atoms with van der Waals surface area (Å²) in [6.07, 6.45) is 1.38. The molecule has 1 aromatic rings. The smallest absolute Gasteiger partial charge is 0.263 e. The van der Waals surface area contributed by atoms with Crippen LogP contribution in [0.25, 0.3) is 0 Å². The van der Waals surface area contributed by atoms with Crippen molar-refractivity contribution >= 4 is 5.91 Å². The molecule has 0 aromatic heterocycles. The number of carbonyl (C=O) groups is 1. The van der Waals surface area contributed by atoms with E-state index in [1.807, 2.05) is 30.0 Å². The maximum Gasteiger partial charge on any atom is 0.263 e. The van der Waals surface area contributed by atoms with Gasteiger partial charge in [-0.3, -0.25) is 9.69 Å². The Morgan fingerprint density at radius 3 is 2.65 bits per heavy atom. The van der Waals surface area contributed by atoms with Gasteiger partial charge in [0, 0.05) is 45.3 Å². The summed E-state index contributed by atoms with van der Waals surface area (Å²) in [7, 11) is 0. The van der Waals surface area contributed by atoms with E-state index in [9.17, 15) is 4.79 Å². The molecule has 5 nitrogen and oxygen atoms in total. The molecule has 1 amide bonds. The summed E-state index contributed by atoms with van der Waals surface area (Å²) in [4.78, 5) is 17.6. The van der Waals surface area contributed by atoms with Gasteiger partial charge in [-0.25, -0.2) is 0 Å². The second-order valence-corrected chi connectivity index (χ2v) is 7.72. The molecule has 2 heterocycles. The van der Waals surface area contributed by atoms with Gasteiger partial charge in [0.15, 0.2) is 6.10 Å². The van der Waals surface area contributed by atoms with Gasteiger partial charge >= 0.3 is 0 Å². The van der Waals surface area contributed by atoms with Crippen LogP contribution in [0.3, 0.4) is 0 Å². The lowest BCUT2D eigenvalue weighted by atomic mass is 10.0. The van der Waals surface area contributed by atoms with Gasteiger partial charge in [-0.05, 0) is 30.4 Å². The summed E-state index contributed by atoms with van der Waals surface area (Å²) in [5.41, 5.74) is 1.17. The molecule has 5 heteroatoms. The van der Waals surface area contributed by atoms with Gasteiger partial charge in [0.05, 0.1) is 0 Å². The standard InChI is InChI=1S/C21H33N3O2/c1-4-19(26-20-8-6-5-7-18(20)16(2)3)21(25)24-12-9-17(15-24)23-13-10-22-11-14-23/h5-8,16-17,19,22H,4,9-15H2,1-3H3. The molecule has 0 bridgehead atoms. The molecule has 144 valence electrons. The molecule has 0 radical (unpaired) electrons. The lowest BCUT2D eigenvalue weighted by molar-refractivity contribution is -0.138. The van der Waals surface area contributed by atoms with E-state index < -0.39 is 6.10 Å². The van der Waals surface area contributed by atoms with Gasteiger partial charge in [-0.2, -0.15) is 0 Å². The summed E-state index contributed by atoms with van der Waals surface area (Å²) in [6, 6.07) is 8.59. The Morgan fingerprint density at radius 2 is 1.96 bits per heavy atom. The summed E-state index contributed by atoms with van der Waals surface area (Å²) in [5, 5.41) is 3.40. The molecule has 2 unspecified atom stereocenters. The van der Waals surface area contributed by atoms with E-state index in [4.69, 9.17) is 4.74 Å². The molecule has 0 spiro atoms. The number of rotatable bonds is 6. The van der Waals surface area contributed by atoms with Crippen LogP contribution in [0.1, 0.15) is 45.1 Å². The highest BCUT2D eigenvalue weighted by Crippen LogP contribution is 2.28. The molecular formula is C21H33N3O2. The third kappa shape index (κ3) is 4.38. The third-order valence-electron chi connectivity index (χ3n) is 5.60. The van der Waals surface area contributed by atoms with E-state index >= 15 is 0 Å². The summed E-state index contributed by atoms with van der Waals surface area (Å²) < 4.78 is 6.20. The van der Waals surface area contributed by atoms with Crippen LogP contribution in [-0.4, -0.2) is 67.1 Å². The van der Waals surface area contributed by atoms with Gasteiger partial charge in [0.2, 0.25) is 0 Å². The van der Waals surface area contributed by atoms with Crippen molar-refractivity contribution in [1.29, 1.82) is 0 Å². The van der Waals surface area contributed by atoms with Crippen molar-refractivity contribution in [2.24, 2.45) is 0 Å². The van der Waals surface area contributed by atoms with E-state index in [0.29, 0.717) is 18.4 Å². The summed E-state index contributed by atoms with van der Waals surface area (Å²) >= 11 is 0. The molecule has 2 atom stereocenters. The van der Waals surface area contributed by atoms with Crippen LogP contribution >= 0.6 is 0 Å². The molecule has 26 heavy (non-hydrogen) atoms. The number of nitrogens with one attached hydrogen (secondary N) is 1. The van der Waals surface area contributed by atoms with Crippen molar-refractivity contribution in [3.05, 3.63) is 29.8 Å². The van der Waals surface area contributed by atoms with Crippen molar-refractivity contribution in [3.8, 4) is 5.75 Å². The largest absolute Gasteiger partial charge is 0.480 e. The van der Waals surface area contributed by atoms with Gasteiger partial charge in [-0.15, -0.1) is 0 Å². The zero-order chi connectivity index (χ0) is 18.5. The number of piperazine rings is 1. The fourth-order valence-electron chi connectivity index (χ4n) is 4.02. The predicted octanol–water partition coefficient (Wildman–Crippen LogP) is 2.47. The molecule has 2 fully saturated rings. The summed E-state index contributed by atoms with van der Waals surface area (Å²) in [5.74, 6) is 1.37. The Kier molecular flexibility index (Phi) is 6.54. The van der Waals surface area contributed by atoms with Gasteiger partial charge in [-0.1, -0.05) is 39.0 Å². The monoisotopic (exact) mass is 359 g/mol. The minimum Gasteiger partial charge on any atom is -0.480 e. The van der Waals surface area contributed by atoms with Crippen LogP contribution in [0.4, 0.5) is 0 Å². The van der Waals surface area contributed by atoms with Crippen LogP contribution in [0.5, 0.6) is 5.75 Å². The lowest BCUT2D eigenvalue weighted by Crippen LogP contribution is -2.50. The topological polar surface area (TPSA) is 44.8 Å². The maximum atomic E-state index is 13.1. The first-order valence-electron chi connectivity index (χ1n) is 10.1. The Balaban J connectivity index is 1.62. The van der Waals surface area contributed by atoms with Crippen molar-refractivity contribution in [3.63, 3.8) is 0 Å². The fourth-order valence-corrected chi connectivity index (χ4v) is 4.02. The molecule has 1 aromatic carbocycles. The highest BCUT2D eigenvalue weighted by molar-refractivity contribution is 5.81. The Hall–Kier alpha value is -1.59. The Bertz CT molecular complexity index is 599. The molecule has 1 N–H and O–H groups in total. The van der Waals surface area contributed by atoms with Crippen LogP contribution in [-0.2, 0) is 4.79 Å². The number of nitrogens with zero attached hydrogens (tertiary/aromatic N) is 2. The first kappa shape index (κ1) is 19.2. The minimum absolute atomic E-state index is 0.142. The number of ether oxygens (including phenoxy) is 1. The second-order valence-electron chi connectivity index (χ2n) is 7.72. The number of hydrogen-bond donors (Lipinski definition) is 1. The van der Waals surface area contributed by atoms with E-state index in [-0.39, 0.29) is 5.91 Å². The van der Waals surface area contributed by atoms with Gasteiger partial charge < -0.3 is 15.0 Å². The SMILES string of the molecule is CCC(Oc1ccccc1C(C)C)C(=O)N1CCC(N2CCNCC2)C1. The average Bonchev–Trinajstić information content (AvgIpc) is 3.16. The number of carbonyl (C=O) groups excluding carboxylic acids is 1. The first-order valence-corrected chi connectivity index (χ1v) is 10.1. The average molecular weight is 360 g/mol. The molecule has 0 aliphatic carbocycles. The van der Waals surface area contributed by atoms with Crippen LogP contribution < -0.4 is 10.1 Å². The van der Waals surface area contributed by atoms with E-state index in [1.54, 1.807) is 0 Å². The predicted molar refractivity (Wildman–Crippen MR) is 105 cm³/mol. The zero-order valence-electron chi connectivity index (χ0n) is 16.4. The normalized spacial score (nSPS) is 22.6. The first-order chi connectivity index (χ1) is 12.6.